The lowest BCUT2D eigenvalue weighted by molar-refractivity contribution is -0.136. The number of nitrogens with one attached hydrogen (secondary N) is 2. The number of likely N-dealkylation sites (tertiary alicyclic amines) is 1. The second-order valence-electron chi connectivity index (χ2n) is 8.35. The maximum Gasteiger partial charge on any atom is 0.250 e. The lowest BCUT2D eigenvalue weighted by atomic mass is 9.83. The van der Waals surface area contributed by atoms with E-state index in [0.717, 1.165) is 30.0 Å². The van der Waals surface area contributed by atoms with Gasteiger partial charge in [-0.15, -0.1) is 0 Å². The smallest absolute Gasteiger partial charge is 0.250 e. The van der Waals surface area contributed by atoms with E-state index in [1.807, 2.05) is 39.8 Å². The number of benzene rings is 1. The van der Waals surface area contributed by atoms with Gasteiger partial charge < -0.3 is 14.2 Å². The number of carbonyl (C=O) groups excluding carboxylic acids is 1. The van der Waals surface area contributed by atoms with Crippen LogP contribution in [0.25, 0.3) is 0 Å². The highest BCUT2D eigenvalue weighted by Gasteiger charge is 2.40. The summed E-state index contributed by atoms with van der Waals surface area (Å²) < 4.78 is 7.21. The Balaban J connectivity index is 1.29. The molecule has 1 aromatic heterocycles. The fourth-order valence-electron chi connectivity index (χ4n) is 5.09. The molecule has 4 unspecified atom stereocenters. The number of carbonyl (C=O) groups is 1. The third kappa shape index (κ3) is 3.34. The van der Waals surface area contributed by atoms with Crippen molar-refractivity contribution in [1.29, 1.82) is 0 Å². The quantitative estimate of drug-likeness (QED) is 0.823. The molecule has 2 fully saturated rings. The van der Waals surface area contributed by atoms with E-state index in [9.17, 15) is 9.59 Å². The molecule has 2 aromatic rings. The molecule has 7 nitrogen and oxygen atoms in total. The molecule has 0 aliphatic carbocycles. The van der Waals surface area contributed by atoms with Crippen molar-refractivity contribution in [2.45, 2.75) is 37.4 Å². The van der Waals surface area contributed by atoms with Gasteiger partial charge in [-0.1, -0.05) is 18.2 Å². The minimum absolute atomic E-state index is 0.0692. The van der Waals surface area contributed by atoms with Crippen LogP contribution in [0.2, 0.25) is 0 Å². The molecular formula is C22H26N4O3. The molecular weight excluding hydrogens is 368 g/mol. The highest BCUT2D eigenvalue weighted by molar-refractivity contribution is 5.82. The Kier molecular flexibility index (Phi) is 4.64. The van der Waals surface area contributed by atoms with Gasteiger partial charge in [-0.05, 0) is 42.5 Å². The molecule has 2 N–H and O–H groups in total. The Labute approximate surface area is 169 Å². The number of pyridine rings is 1. The van der Waals surface area contributed by atoms with Crippen molar-refractivity contribution in [2.24, 2.45) is 5.92 Å². The van der Waals surface area contributed by atoms with E-state index < -0.39 is 0 Å². The predicted octanol–water partition coefficient (Wildman–Crippen LogP) is 1.41. The van der Waals surface area contributed by atoms with Crippen LogP contribution in [-0.4, -0.2) is 41.6 Å². The highest BCUT2D eigenvalue weighted by atomic mass is 16.5. The molecule has 0 saturated carbocycles. The average Bonchev–Trinajstić information content (AvgIpc) is 3.24. The largest absolute Gasteiger partial charge is 0.497 e. The maximum atomic E-state index is 13.2. The molecule has 7 heteroatoms. The number of piperidine rings is 1. The summed E-state index contributed by atoms with van der Waals surface area (Å²) >= 11 is 0. The number of rotatable bonds is 3. The highest BCUT2D eigenvalue weighted by Crippen LogP contribution is 2.36. The summed E-state index contributed by atoms with van der Waals surface area (Å²) in [6, 6.07) is 13.3. The average molecular weight is 394 g/mol. The van der Waals surface area contributed by atoms with Crippen molar-refractivity contribution >= 4 is 5.91 Å². The molecule has 0 radical (unpaired) electrons. The summed E-state index contributed by atoms with van der Waals surface area (Å²) in [6.07, 6.45) is 1.75. The summed E-state index contributed by atoms with van der Waals surface area (Å²) in [6.45, 7) is 2.11. The van der Waals surface area contributed by atoms with Crippen LogP contribution in [0.1, 0.15) is 36.1 Å². The van der Waals surface area contributed by atoms with Crippen LogP contribution >= 0.6 is 0 Å². The third-order valence-corrected chi connectivity index (χ3v) is 6.49. The second-order valence-corrected chi connectivity index (χ2v) is 8.35. The van der Waals surface area contributed by atoms with E-state index in [2.05, 4.69) is 16.9 Å². The molecule has 152 valence electrons. The lowest BCUT2D eigenvalue weighted by Crippen LogP contribution is -2.53. The zero-order valence-electron chi connectivity index (χ0n) is 16.5. The van der Waals surface area contributed by atoms with Gasteiger partial charge in [0, 0.05) is 43.4 Å². The van der Waals surface area contributed by atoms with E-state index in [0.29, 0.717) is 25.4 Å². The molecule has 3 aliphatic rings. The van der Waals surface area contributed by atoms with Crippen LogP contribution < -0.4 is 21.1 Å². The Hall–Kier alpha value is -2.64. The number of nitrogens with zero attached hydrogens (tertiary/aromatic N) is 2. The summed E-state index contributed by atoms with van der Waals surface area (Å²) in [5, 5.41) is 0. The Morgan fingerprint density at radius 1 is 1.07 bits per heavy atom. The Morgan fingerprint density at radius 3 is 2.79 bits per heavy atom. The first-order chi connectivity index (χ1) is 14.1. The molecule has 2 saturated heterocycles. The van der Waals surface area contributed by atoms with Gasteiger partial charge in [0.15, 0.2) is 0 Å². The molecule has 4 atom stereocenters. The molecule has 0 spiro atoms. The maximum absolute atomic E-state index is 13.2. The van der Waals surface area contributed by atoms with Gasteiger partial charge in [0.1, 0.15) is 11.8 Å². The number of hydrazine groups is 1. The van der Waals surface area contributed by atoms with E-state index in [-0.39, 0.29) is 29.5 Å². The first kappa shape index (κ1) is 18.4. The van der Waals surface area contributed by atoms with Gasteiger partial charge in [0.05, 0.1) is 7.11 Å². The standard InChI is InChI=1S/C22H26N4O3/c1-29-17-5-2-4-15(9-17)18-10-19(24-23-18)22(28)25-11-14-8-16(13-25)20-6-3-7-21(27)26(20)12-14/h2-7,9,14,16,18-19,23-24H,8,10-13H2,1H3. The molecule has 5 rings (SSSR count). The monoisotopic (exact) mass is 394 g/mol. The van der Waals surface area contributed by atoms with Crippen molar-refractivity contribution in [3.05, 3.63) is 64.1 Å². The minimum Gasteiger partial charge on any atom is -0.497 e. The van der Waals surface area contributed by atoms with Gasteiger partial charge >= 0.3 is 0 Å². The number of hydrogen-bond donors (Lipinski definition) is 2. The molecule has 29 heavy (non-hydrogen) atoms. The SMILES string of the molecule is COc1cccc(C2CC(C(=O)N3CC4CC(C3)c3cccc(=O)n3C4)NN2)c1. The van der Waals surface area contributed by atoms with Crippen molar-refractivity contribution in [1.82, 2.24) is 20.3 Å². The van der Waals surface area contributed by atoms with Crippen LogP contribution in [0, 0.1) is 5.92 Å². The summed E-state index contributed by atoms with van der Waals surface area (Å²) in [5.74, 6) is 1.54. The van der Waals surface area contributed by atoms with Crippen molar-refractivity contribution in [3.63, 3.8) is 0 Å². The lowest BCUT2D eigenvalue weighted by Gasteiger charge is -2.43. The molecule has 4 heterocycles. The number of fused-ring (bicyclic) bond motifs is 4. The number of hydrogen-bond acceptors (Lipinski definition) is 5. The van der Waals surface area contributed by atoms with E-state index in [1.165, 1.54) is 0 Å². The zero-order valence-corrected chi connectivity index (χ0v) is 16.5. The molecule has 1 amide bonds. The Morgan fingerprint density at radius 2 is 1.93 bits per heavy atom. The van der Waals surface area contributed by atoms with Gasteiger partial charge in [-0.3, -0.25) is 9.59 Å². The topological polar surface area (TPSA) is 75.6 Å². The third-order valence-electron chi connectivity index (χ3n) is 6.49. The number of ether oxygens (including phenoxy) is 1. The van der Waals surface area contributed by atoms with E-state index >= 15 is 0 Å². The zero-order chi connectivity index (χ0) is 20.0. The summed E-state index contributed by atoms with van der Waals surface area (Å²) in [4.78, 5) is 27.4. The van der Waals surface area contributed by atoms with E-state index in [1.54, 1.807) is 13.2 Å². The molecule has 1 aromatic carbocycles. The van der Waals surface area contributed by atoms with Crippen LogP contribution in [0.4, 0.5) is 0 Å². The first-order valence-electron chi connectivity index (χ1n) is 10.3. The number of amides is 1. The Bertz CT molecular complexity index is 988. The van der Waals surface area contributed by atoms with Crippen LogP contribution in [0.15, 0.2) is 47.3 Å². The van der Waals surface area contributed by atoms with Crippen molar-refractivity contribution in [2.75, 3.05) is 20.2 Å². The van der Waals surface area contributed by atoms with Crippen LogP contribution in [0.5, 0.6) is 5.75 Å². The first-order valence-corrected chi connectivity index (χ1v) is 10.3. The van der Waals surface area contributed by atoms with Crippen molar-refractivity contribution in [3.8, 4) is 5.75 Å². The summed E-state index contributed by atoms with van der Waals surface area (Å²) in [7, 11) is 1.66. The van der Waals surface area contributed by atoms with Crippen molar-refractivity contribution < 1.29 is 9.53 Å². The molecule has 3 aliphatic heterocycles. The van der Waals surface area contributed by atoms with Gasteiger partial charge in [0.25, 0.3) is 5.56 Å². The molecule has 2 bridgehead atoms. The summed E-state index contributed by atoms with van der Waals surface area (Å²) in [5.41, 5.74) is 8.71. The van der Waals surface area contributed by atoms with Gasteiger partial charge in [0.2, 0.25) is 5.91 Å². The van der Waals surface area contributed by atoms with Crippen LogP contribution in [-0.2, 0) is 11.3 Å². The second kappa shape index (κ2) is 7.31. The fraction of sp³-hybridized carbons (Fsp3) is 0.455. The number of aromatic nitrogens is 1. The fourth-order valence-corrected chi connectivity index (χ4v) is 5.09. The predicted molar refractivity (Wildman–Crippen MR) is 109 cm³/mol. The van der Waals surface area contributed by atoms with E-state index in [4.69, 9.17) is 4.74 Å². The minimum atomic E-state index is -0.247. The van der Waals surface area contributed by atoms with Gasteiger partial charge in [-0.2, -0.15) is 0 Å². The van der Waals surface area contributed by atoms with Crippen LogP contribution in [0.3, 0.4) is 0 Å². The van der Waals surface area contributed by atoms with Gasteiger partial charge in [-0.25, -0.2) is 10.9 Å². The normalized spacial score (nSPS) is 28.1. The number of methoxy groups -OCH3 is 1.